The van der Waals surface area contributed by atoms with Gasteiger partial charge >= 0.3 is 0 Å². The standard InChI is InChI=1S/C17H23BrN2O3S/c1-19-24(22,23)14-6-7-16(18)15(10-14)17(21)20-9-8-12-4-2-3-5-13(12)11-20/h6-7,10,12-13,19H,2-5,8-9,11H2,1H3/t12-,13+/m1/s1. The SMILES string of the molecule is CNS(=O)(=O)c1ccc(Br)c(C(=O)N2CC[C@H]3CCCC[C@H]3C2)c1. The molecule has 1 aromatic carbocycles. The molecule has 3 rings (SSSR count). The Morgan fingerprint density at radius 3 is 2.62 bits per heavy atom. The molecule has 1 saturated carbocycles. The van der Waals surface area contributed by atoms with Crippen molar-refractivity contribution in [1.29, 1.82) is 0 Å². The van der Waals surface area contributed by atoms with Crippen molar-refractivity contribution in [2.24, 2.45) is 11.8 Å². The number of benzene rings is 1. The van der Waals surface area contributed by atoms with E-state index in [1.54, 1.807) is 6.07 Å². The average molecular weight is 415 g/mol. The minimum atomic E-state index is -3.56. The van der Waals surface area contributed by atoms with Gasteiger partial charge in [-0.25, -0.2) is 13.1 Å². The number of sulfonamides is 1. The predicted octanol–water partition coefficient (Wildman–Crippen LogP) is 3.01. The molecular formula is C17H23BrN2O3S. The summed E-state index contributed by atoms with van der Waals surface area (Å²) in [6.07, 6.45) is 6.10. The van der Waals surface area contributed by atoms with Gasteiger partial charge in [-0.3, -0.25) is 4.79 Å². The summed E-state index contributed by atoms with van der Waals surface area (Å²) in [5.74, 6) is 1.26. The molecule has 2 fully saturated rings. The largest absolute Gasteiger partial charge is 0.338 e. The number of hydrogen-bond acceptors (Lipinski definition) is 3. The van der Waals surface area contributed by atoms with Gasteiger partial charge in [0.15, 0.2) is 0 Å². The molecule has 0 spiro atoms. The van der Waals surface area contributed by atoms with E-state index in [0.717, 1.165) is 25.4 Å². The van der Waals surface area contributed by atoms with Crippen LogP contribution in [0, 0.1) is 11.8 Å². The molecule has 0 radical (unpaired) electrons. The monoisotopic (exact) mass is 414 g/mol. The van der Waals surface area contributed by atoms with Gasteiger partial charge in [0.25, 0.3) is 5.91 Å². The normalized spacial score (nSPS) is 24.5. The molecule has 1 aliphatic heterocycles. The van der Waals surface area contributed by atoms with Crippen LogP contribution in [0.2, 0.25) is 0 Å². The summed E-state index contributed by atoms with van der Waals surface area (Å²) in [5.41, 5.74) is 0.417. The smallest absolute Gasteiger partial charge is 0.255 e. The molecule has 132 valence electrons. The van der Waals surface area contributed by atoms with E-state index >= 15 is 0 Å². The number of carbonyl (C=O) groups excluding carboxylic acids is 1. The van der Waals surface area contributed by atoms with E-state index in [1.807, 2.05) is 4.90 Å². The van der Waals surface area contributed by atoms with Gasteiger partial charge in [0.1, 0.15) is 0 Å². The van der Waals surface area contributed by atoms with Gasteiger partial charge in [0.05, 0.1) is 10.5 Å². The van der Waals surface area contributed by atoms with Crippen LogP contribution in [-0.2, 0) is 10.0 Å². The second kappa shape index (κ2) is 7.14. The van der Waals surface area contributed by atoms with Crippen molar-refractivity contribution in [1.82, 2.24) is 9.62 Å². The zero-order valence-electron chi connectivity index (χ0n) is 13.8. The summed E-state index contributed by atoms with van der Waals surface area (Å²) in [7, 11) is -2.19. The summed E-state index contributed by atoms with van der Waals surface area (Å²) >= 11 is 3.39. The minimum Gasteiger partial charge on any atom is -0.338 e. The van der Waals surface area contributed by atoms with Gasteiger partial charge in [-0.15, -0.1) is 0 Å². The molecule has 1 saturated heterocycles. The lowest BCUT2D eigenvalue weighted by molar-refractivity contribution is 0.0520. The highest BCUT2D eigenvalue weighted by Crippen LogP contribution is 2.36. The van der Waals surface area contributed by atoms with E-state index in [1.165, 1.54) is 44.9 Å². The number of nitrogens with zero attached hydrogens (tertiary/aromatic N) is 1. The second-order valence-corrected chi connectivity index (χ2v) is 9.43. The van der Waals surface area contributed by atoms with E-state index in [4.69, 9.17) is 0 Å². The zero-order chi connectivity index (χ0) is 17.3. The maximum Gasteiger partial charge on any atom is 0.255 e. The average Bonchev–Trinajstić information content (AvgIpc) is 2.61. The highest BCUT2D eigenvalue weighted by atomic mass is 79.9. The Balaban J connectivity index is 1.83. The second-order valence-electron chi connectivity index (χ2n) is 6.69. The third-order valence-corrected chi connectivity index (χ3v) is 7.43. The van der Waals surface area contributed by atoms with Crippen molar-refractivity contribution in [3.8, 4) is 0 Å². The van der Waals surface area contributed by atoms with Crippen molar-refractivity contribution in [2.45, 2.75) is 37.0 Å². The molecule has 1 aromatic rings. The molecule has 1 amide bonds. The third kappa shape index (κ3) is 3.53. The first-order valence-electron chi connectivity index (χ1n) is 8.45. The fraction of sp³-hybridized carbons (Fsp3) is 0.588. The highest BCUT2D eigenvalue weighted by molar-refractivity contribution is 9.10. The minimum absolute atomic E-state index is 0.0842. The van der Waals surface area contributed by atoms with Crippen LogP contribution in [0.3, 0.4) is 0 Å². The molecule has 7 heteroatoms. The first-order chi connectivity index (χ1) is 11.4. The van der Waals surface area contributed by atoms with Crippen molar-refractivity contribution in [3.63, 3.8) is 0 Å². The zero-order valence-corrected chi connectivity index (χ0v) is 16.2. The first kappa shape index (κ1) is 17.9. The number of carbonyl (C=O) groups is 1. The molecule has 0 bridgehead atoms. The maximum absolute atomic E-state index is 12.9. The van der Waals surface area contributed by atoms with E-state index in [-0.39, 0.29) is 10.8 Å². The lowest BCUT2D eigenvalue weighted by Crippen LogP contribution is -2.44. The summed E-state index contributed by atoms with van der Waals surface area (Å²) in [4.78, 5) is 14.9. The van der Waals surface area contributed by atoms with Crippen molar-refractivity contribution < 1.29 is 13.2 Å². The molecule has 1 N–H and O–H groups in total. The van der Waals surface area contributed by atoms with E-state index < -0.39 is 10.0 Å². The third-order valence-electron chi connectivity index (χ3n) is 5.33. The van der Waals surface area contributed by atoms with Crippen LogP contribution >= 0.6 is 15.9 Å². The highest BCUT2D eigenvalue weighted by Gasteiger charge is 2.33. The van der Waals surface area contributed by atoms with Crippen LogP contribution in [0.5, 0.6) is 0 Å². The van der Waals surface area contributed by atoms with Crippen molar-refractivity contribution in [3.05, 3.63) is 28.2 Å². The number of halogens is 1. The topological polar surface area (TPSA) is 66.5 Å². The predicted molar refractivity (Wildman–Crippen MR) is 96.4 cm³/mol. The fourth-order valence-electron chi connectivity index (χ4n) is 3.91. The number of fused-ring (bicyclic) bond motifs is 1. The van der Waals surface area contributed by atoms with Crippen molar-refractivity contribution in [2.75, 3.05) is 20.1 Å². The first-order valence-corrected chi connectivity index (χ1v) is 10.7. The summed E-state index contributed by atoms with van der Waals surface area (Å²) in [6, 6.07) is 4.59. The van der Waals surface area contributed by atoms with Gasteiger partial charge < -0.3 is 4.90 Å². The van der Waals surface area contributed by atoms with E-state index in [9.17, 15) is 13.2 Å². The van der Waals surface area contributed by atoms with Crippen LogP contribution in [0.25, 0.3) is 0 Å². The molecule has 2 aliphatic rings. The van der Waals surface area contributed by atoms with Crippen LogP contribution in [0.4, 0.5) is 0 Å². The number of piperidine rings is 1. The van der Waals surface area contributed by atoms with Gasteiger partial charge in [-0.1, -0.05) is 19.3 Å². The van der Waals surface area contributed by atoms with Crippen LogP contribution in [0.15, 0.2) is 27.6 Å². The molecule has 1 aliphatic carbocycles. The molecular weight excluding hydrogens is 392 g/mol. The Morgan fingerprint density at radius 1 is 1.21 bits per heavy atom. The van der Waals surface area contributed by atoms with Gasteiger partial charge in [0.2, 0.25) is 10.0 Å². The van der Waals surface area contributed by atoms with Crippen molar-refractivity contribution >= 4 is 31.9 Å². The maximum atomic E-state index is 12.9. The van der Waals surface area contributed by atoms with Gasteiger partial charge in [0, 0.05) is 17.6 Å². The molecule has 0 unspecified atom stereocenters. The number of nitrogens with one attached hydrogen (secondary N) is 1. The number of rotatable bonds is 3. The van der Waals surface area contributed by atoms with Crippen LogP contribution in [-0.4, -0.2) is 39.4 Å². The Morgan fingerprint density at radius 2 is 1.92 bits per heavy atom. The van der Waals surface area contributed by atoms with E-state index in [2.05, 4.69) is 20.7 Å². The van der Waals surface area contributed by atoms with Crippen LogP contribution < -0.4 is 4.72 Å². The number of amides is 1. The molecule has 5 nitrogen and oxygen atoms in total. The van der Waals surface area contributed by atoms with E-state index in [0.29, 0.717) is 16.0 Å². The Labute approximate surface area is 152 Å². The molecule has 2 atom stereocenters. The molecule has 24 heavy (non-hydrogen) atoms. The quantitative estimate of drug-likeness (QED) is 0.826. The van der Waals surface area contributed by atoms with Gasteiger partial charge in [-0.05, 0) is 65.9 Å². The lowest BCUT2D eigenvalue weighted by Gasteiger charge is -2.41. The van der Waals surface area contributed by atoms with Gasteiger partial charge in [-0.2, -0.15) is 0 Å². The Bertz CT molecular complexity index is 735. The number of hydrogen-bond donors (Lipinski definition) is 1. The molecule has 0 aromatic heterocycles. The Kier molecular flexibility index (Phi) is 5.32. The summed E-state index contributed by atoms with van der Waals surface area (Å²) < 4.78 is 26.9. The number of likely N-dealkylation sites (tertiary alicyclic amines) is 1. The molecule has 1 heterocycles. The lowest BCUT2D eigenvalue weighted by atomic mass is 9.75. The summed E-state index contributed by atoms with van der Waals surface area (Å²) in [6.45, 7) is 1.55. The Hall–Kier alpha value is -0.920. The summed E-state index contributed by atoms with van der Waals surface area (Å²) in [5, 5.41) is 0. The fourth-order valence-corrected chi connectivity index (χ4v) is 5.08. The van der Waals surface area contributed by atoms with Crippen LogP contribution in [0.1, 0.15) is 42.5 Å².